The zero-order valence-electron chi connectivity index (χ0n) is 22.7. The fourth-order valence-electron chi connectivity index (χ4n) is 5.80. The SMILES string of the molecule is CSC1(C(=O)Nc2ccc3[nH]nc(-c4ccnc(C)c4)c3c2)CCN(CC(=O)C2CCN(c3nccs3)CC2)C1. The number of ketones is 1. The maximum Gasteiger partial charge on any atom is 0.241 e. The summed E-state index contributed by atoms with van der Waals surface area (Å²) in [6, 6.07) is 9.77. The Balaban J connectivity index is 1.09. The third-order valence-electron chi connectivity index (χ3n) is 8.13. The second kappa shape index (κ2) is 11.3. The number of amides is 1. The first-order valence-corrected chi connectivity index (χ1v) is 15.7. The number of hydrogen-bond acceptors (Lipinski definition) is 9. The molecule has 0 aliphatic carbocycles. The molecule has 3 aromatic heterocycles. The van der Waals surface area contributed by atoms with Gasteiger partial charge in [-0.2, -0.15) is 5.10 Å². The van der Waals surface area contributed by atoms with Crippen molar-refractivity contribution in [2.75, 3.05) is 49.2 Å². The highest BCUT2D eigenvalue weighted by Gasteiger charge is 2.45. The Labute approximate surface area is 241 Å². The topological polar surface area (TPSA) is 107 Å². The summed E-state index contributed by atoms with van der Waals surface area (Å²) < 4.78 is -0.592. The molecule has 40 heavy (non-hydrogen) atoms. The number of rotatable bonds is 8. The number of H-pyrrole nitrogens is 1. The van der Waals surface area contributed by atoms with Gasteiger partial charge in [0.2, 0.25) is 5.91 Å². The number of piperidine rings is 1. The number of aromatic amines is 1. The maximum absolute atomic E-state index is 13.6. The number of pyridine rings is 1. The van der Waals surface area contributed by atoms with Crippen LogP contribution in [0.2, 0.25) is 0 Å². The molecule has 1 amide bonds. The van der Waals surface area contributed by atoms with Crippen molar-refractivity contribution in [3.05, 3.63) is 53.8 Å². The second-order valence-electron chi connectivity index (χ2n) is 10.7. The van der Waals surface area contributed by atoms with Crippen molar-refractivity contribution in [2.24, 2.45) is 5.92 Å². The van der Waals surface area contributed by atoms with Gasteiger partial charge in [-0.05, 0) is 62.8 Å². The molecule has 208 valence electrons. The van der Waals surface area contributed by atoms with Gasteiger partial charge < -0.3 is 10.2 Å². The predicted molar refractivity (Wildman–Crippen MR) is 162 cm³/mol. The molecule has 6 rings (SSSR count). The number of nitrogens with one attached hydrogen (secondary N) is 2. The van der Waals surface area contributed by atoms with Crippen LogP contribution in [0.4, 0.5) is 10.8 Å². The summed E-state index contributed by atoms with van der Waals surface area (Å²) in [5, 5.41) is 14.7. The average molecular weight is 576 g/mol. The normalized spacial score (nSPS) is 20.3. The Kier molecular flexibility index (Phi) is 7.61. The van der Waals surface area contributed by atoms with Crippen LogP contribution in [0.25, 0.3) is 22.2 Å². The van der Waals surface area contributed by atoms with E-state index in [1.165, 1.54) is 0 Å². The minimum absolute atomic E-state index is 0.0177. The molecule has 5 heterocycles. The fraction of sp³-hybridized carbons (Fsp3) is 0.414. The fourth-order valence-corrected chi connectivity index (χ4v) is 7.34. The van der Waals surface area contributed by atoms with E-state index in [1.54, 1.807) is 29.3 Å². The van der Waals surface area contributed by atoms with E-state index in [0.717, 1.165) is 71.1 Å². The van der Waals surface area contributed by atoms with Gasteiger partial charge >= 0.3 is 0 Å². The average Bonchev–Trinajstić information content (AvgIpc) is 3.73. The zero-order chi connectivity index (χ0) is 27.7. The highest BCUT2D eigenvalue weighted by atomic mass is 32.2. The van der Waals surface area contributed by atoms with Gasteiger partial charge in [0, 0.05) is 72.2 Å². The molecule has 1 aromatic carbocycles. The molecule has 0 radical (unpaired) electrons. The lowest BCUT2D eigenvalue weighted by Gasteiger charge is -2.32. The largest absolute Gasteiger partial charge is 0.348 e. The molecule has 1 unspecified atom stereocenters. The number of hydrogen-bond donors (Lipinski definition) is 2. The number of Topliss-reactive ketones (excluding diaryl/α,β-unsaturated/α-hetero) is 1. The number of carbonyl (C=O) groups excluding carboxylic acids is 2. The Morgan fingerprint density at radius 2 is 2.00 bits per heavy atom. The van der Waals surface area contributed by atoms with Crippen molar-refractivity contribution in [2.45, 2.75) is 30.9 Å². The first-order valence-electron chi connectivity index (χ1n) is 13.6. The van der Waals surface area contributed by atoms with Crippen molar-refractivity contribution < 1.29 is 9.59 Å². The lowest BCUT2D eigenvalue weighted by molar-refractivity contribution is -0.124. The van der Waals surface area contributed by atoms with Gasteiger partial charge in [-0.25, -0.2) is 4.98 Å². The Hall–Kier alpha value is -3.28. The van der Waals surface area contributed by atoms with Crippen LogP contribution in [-0.4, -0.2) is 80.5 Å². The van der Waals surface area contributed by atoms with Gasteiger partial charge in [0.05, 0.1) is 12.1 Å². The highest BCUT2D eigenvalue weighted by molar-refractivity contribution is 8.00. The van der Waals surface area contributed by atoms with E-state index in [2.05, 4.69) is 35.3 Å². The van der Waals surface area contributed by atoms with Gasteiger partial charge in [0.1, 0.15) is 16.2 Å². The van der Waals surface area contributed by atoms with E-state index < -0.39 is 4.75 Å². The van der Waals surface area contributed by atoms with Crippen molar-refractivity contribution in [1.82, 2.24) is 25.1 Å². The molecule has 0 bridgehead atoms. The lowest BCUT2D eigenvalue weighted by atomic mass is 9.92. The summed E-state index contributed by atoms with van der Waals surface area (Å²) in [4.78, 5) is 39.9. The van der Waals surface area contributed by atoms with E-state index in [-0.39, 0.29) is 11.8 Å². The minimum atomic E-state index is -0.592. The zero-order valence-corrected chi connectivity index (χ0v) is 24.4. The number of benzene rings is 1. The molecule has 4 aromatic rings. The number of aryl methyl sites for hydroxylation is 1. The van der Waals surface area contributed by atoms with E-state index in [4.69, 9.17) is 0 Å². The molecule has 2 fully saturated rings. The van der Waals surface area contributed by atoms with Crippen LogP contribution < -0.4 is 10.2 Å². The van der Waals surface area contributed by atoms with Gasteiger partial charge in [-0.15, -0.1) is 23.1 Å². The smallest absolute Gasteiger partial charge is 0.241 e. The molecule has 9 nitrogen and oxygen atoms in total. The highest BCUT2D eigenvalue weighted by Crippen LogP contribution is 2.36. The van der Waals surface area contributed by atoms with E-state index in [0.29, 0.717) is 25.3 Å². The number of thiazole rings is 1. The van der Waals surface area contributed by atoms with Gasteiger partial charge in [0.15, 0.2) is 5.13 Å². The number of likely N-dealkylation sites (tertiary alicyclic amines) is 1. The number of carbonyl (C=O) groups is 2. The third-order valence-corrected chi connectivity index (χ3v) is 10.3. The summed E-state index contributed by atoms with van der Waals surface area (Å²) in [5.74, 6) is 0.352. The lowest BCUT2D eigenvalue weighted by Crippen LogP contribution is -2.44. The van der Waals surface area contributed by atoms with Crippen LogP contribution in [0.1, 0.15) is 25.0 Å². The molecular weight excluding hydrogens is 543 g/mol. The molecule has 2 aliphatic rings. The maximum atomic E-state index is 13.6. The van der Waals surface area contributed by atoms with E-state index in [1.807, 2.05) is 55.1 Å². The van der Waals surface area contributed by atoms with Crippen LogP contribution in [0.3, 0.4) is 0 Å². The van der Waals surface area contributed by atoms with E-state index >= 15 is 0 Å². The van der Waals surface area contributed by atoms with Crippen molar-refractivity contribution >= 4 is 56.5 Å². The summed E-state index contributed by atoms with van der Waals surface area (Å²) in [6.45, 7) is 5.41. The summed E-state index contributed by atoms with van der Waals surface area (Å²) in [7, 11) is 0. The van der Waals surface area contributed by atoms with Crippen LogP contribution in [0.5, 0.6) is 0 Å². The Bertz CT molecular complexity index is 1510. The number of thioether (sulfide) groups is 1. The van der Waals surface area contributed by atoms with Gasteiger partial charge in [-0.3, -0.25) is 24.6 Å². The molecule has 2 saturated heterocycles. The second-order valence-corrected chi connectivity index (χ2v) is 12.7. The van der Waals surface area contributed by atoms with Crippen LogP contribution in [0.15, 0.2) is 48.1 Å². The van der Waals surface area contributed by atoms with Crippen molar-refractivity contribution in [1.29, 1.82) is 0 Å². The monoisotopic (exact) mass is 575 g/mol. The van der Waals surface area contributed by atoms with E-state index in [9.17, 15) is 9.59 Å². The molecule has 2 aliphatic heterocycles. The summed E-state index contributed by atoms with van der Waals surface area (Å²) in [5.41, 5.74) is 4.38. The van der Waals surface area contributed by atoms with Gasteiger partial charge in [0.25, 0.3) is 0 Å². The molecule has 1 atom stereocenters. The van der Waals surface area contributed by atoms with Gasteiger partial charge in [-0.1, -0.05) is 0 Å². The first kappa shape index (κ1) is 26.9. The van der Waals surface area contributed by atoms with Crippen LogP contribution in [-0.2, 0) is 9.59 Å². The number of aromatic nitrogens is 4. The predicted octanol–water partition coefficient (Wildman–Crippen LogP) is 4.62. The quantitative estimate of drug-likeness (QED) is 0.314. The minimum Gasteiger partial charge on any atom is -0.348 e. The molecule has 0 spiro atoms. The van der Waals surface area contributed by atoms with Crippen LogP contribution >= 0.6 is 23.1 Å². The summed E-state index contributed by atoms with van der Waals surface area (Å²) >= 11 is 3.22. The standard InChI is InChI=1S/C29H33N7O2S2/c1-19-15-21(5-9-30-19)26-23-16-22(3-4-24(23)33-34-26)32-27(38)29(39-2)8-13-35(18-29)17-25(37)20-6-11-36(12-7-20)28-31-10-14-40-28/h3-5,9-10,14-16,20H,6-8,11-13,17-18H2,1-2H3,(H,32,38)(H,33,34). The molecular formula is C29H33N7O2S2. The molecule has 11 heteroatoms. The number of nitrogens with zero attached hydrogens (tertiary/aromatic N) is 5. The number of anilines is 2. The Morgan fingerprint density at radius 1 is 1.15 bits per heavy atom. The van der Waals surface area contributed by atoms with Crippen LogP contribution in [0, 0.1) is 12.8 Å². The summed E-state index contributed by atoms with van der Waals surface area (Å²) in [6.07, 6.45) is 8.03. The number of fused-ring (bicyclic) bond motifs is 1. The molecule has 2 N–H and O–H groups in total. The van der Waals surface area contributed by atoms with Crippen molar-refractivity contribution in [3.8, 4) is 11.3 Å². The van der Waals surface area contributed by atoms with Crippen molar-refractivity contribution in [3.63, 3.8) is 0 Å². The Morgan fingerprint density at radius 3 is 2.75 bits per heavy atom. The third kappa shape index (κ3) is 5.37. The molecule has 0 saturated carbocycles. The first-order chi connectivity index (χ1) is 19.4.